The maximum atomic E-state index is 11.4. The monoisotopic (exact) mass is 241 g/mol. The van der Waals surface area contributed by atoms with Crippen LogP contribution in [0.5, 0.6) is 0 Å². The minimum absolute atomic E-state index is 0.394. The maximum Gasteiger partial charge on any atom is 0.315 e. The van der Waals surface area contributed by atoms with Gasteiger partial charge in [0, 0.05) is 0 Å². The van der Waals surface area contributed by atoms with Gasteiger partial charge in [0.25, 0.3) is 0 Å². The van der Waals surface area contributed by atoms with Gasteiger partial charge in [0.05, 0.1) is 10.7 Å². The molecule has 0 aliphatic carbocycles. The number of hydrogen-bond acceptors (Lipinski definition) is 2. The fourth-order valence-corrected chi connectivity index (χ4v) is 1.36. The third-order valence-corrected chi connectivity index (χ3v) is 2.46. The van der Waals surface area contributed by atoms with Crippen LogP contribution in [0.25, 0.3) is 0 Å². The molecule has 1 atom stereocenters. The van der Waals surface area contributed by atoms with Gasteiger partial charge in [0.1, 0.15) is 5.92 Å². The summed E-state index contributed by atoms with van der Waals surface area (Å²) in [5, 5.41) is 11.5. The quantitative estimate of drug-likeness (QED) is 0.798. The number of aryl methyl sites for hydroxylation is 1. The molecule has 0 saturated heterocycles. The zero-order chi connectivity index (χ0) is 12.3. The van der Waals surface area contributed by atoms with E-state index in [0.29, 0.717) is 10.7 Å². The van der Waals surface area contributed by atoms with Crippen LogP contribution < -0.4 is 5.32 Å². The van der Waals surface area contributed by atoms with Crippen molar-refractivity contribution in [3.63, 3.8) is 0 Å². The summed E-state index contributed by atoms with van der Waals surface area (Å²) < 4.78 is 0. The first-order chi connectivity index (χ1) is 7.41. The molecular formula is C11H12ClNO3. The number of nitrogens with one attached hydrogen (secondary N) is 1. The van der Waals surface area contributed by atoms with E-state index in [9.17, 15) is 9.59 Å². The Hall–Kier alpha value is -1.55. The Balaban J connectivity index is 2.81. The molecule has 0 fully saturated rings. The number of carbonyl (C=O) groups is 2. The summed E-state index contributed by atoms with van der Waals surface area (Å²) in [5.41, 5.74) is 1.39. The molecule has 86 valence electrons. The largest absolute Gasteiger partial charge is 0.481 e. The highest BCUT2D eigenvalue weighted by Crippen LogP contribution is 2.23. The molecule has 0 aliphatic heterocycles. The minimum atomic E-state index is -1.17. The number of rotatable bonds is 3. The lowest BCUT2D eigenvalue weighted by molar-refractivity contribution is -0.144. The van der Waals surface area contributed by atoms with Crippen LogP contribution in [0.3, 0.4) is 0 Å². The summed E-state index contributed by atoms with van der Waals surface area (Å²) in [7, 11) is 0. The van der Waals surface area contributed by atoms with Gasteiger partial charge in [-0.1, -0.05) is 17.7 Å². The van der Waals surface area contributed by atoms with Gasteiger partial charge in [0.15, 0.2) is 0 Å². The Morgan fingerprint density at radius 3 is 2.56 bits per heavy atom. The van der Waals surface area contributed by atoms with E-state index in [-0.39, 0.29) is 0 Å². The molecule has 1 aromatic rings. The summed E-state index contributed by atoms with van der Waals surface area (Å²) in [6, 6.07) is 5.12. The molecule has 0 aliphatic rings. The molecule has 0 spiro atoms. The molecule has 0 aromatic heterocycles. The zero-order valence-electron chi connectivity index (χ0n) is 8.95. The summed E-state index contributed by atoms with van der Waals surface area (Å²) in [5.74, 6) is -2.85. The van der Waals surface area contributed by atoms with Gasteiger partial charge in [-0.3, -0.25) is 9.59 Å². The molecule has 2 N–H and O–H groups in total. The van der Waals surface area contributed by atoms with Crippen LogP contribution in [-0.4, -0.2) is 17.0 Å². The molecule has 1 aromatic carbocycles. The standard InChI is InChI=1S/C11H12ClNO3/c1-6-3-4-9(8(12)5-6)13-10(14)7(2)11(15)16/h3-5,7H,1-2H3,(H,13,14)(H,15,16). The average Bonchev–Trinajstić information content (AvgIpc) is 2.20. The van der Waals surface area contributed by atoms with E-state index in [2.05, 4.69) is 5.32 Å². The fourth-order valence-electron chi connectivity index (χ4n) is 1.07. The van der Waals surface area contributed by atoms with Gasteiger partial charge in [-0.25, -0.2) is 0 Å². The highest BCUT2D eigenvalue weighted by atomic mass is 35.5. The molecule has 0 radical (unpaired) electrons. The second-order valence-corrected chi connectivity index (χ2v) is 3.94. The molecule has 1 amide bonds. The van der Waals surface area contributed by atoms with Crippen LogP contribution in [-0.2, 0) is 9.59 Å². The van der Waals surface area contributed by atoms with Crippen molar-refractivity contribution >= 4 is 29.2 Å². The highest BCUT2D eigenvalue weighted by Gasteiger charge is 2.20. The van der Waals surface area contributed by atoms with Gasteiger partial charge in [-0.05, 0) is 31.5 Å². The number of carbonyl (C=O) groups excluding carboxylic acids is 1. The smallest absolute Gasteiger partial charge is 0.315 e. The van der Waals surface area contributed by atoms with Crippen molar-refractivity contribution in [3.8, 4) is 0 Å². The van der Waals surface area contributed by atoms with Gasteiger partial charge in [0.2, 0.25) is 5.91 Å². The Kier molecular flexibility index (Phi) is 3.90. The van der Waals surface area contributed by atoms with E-state index in [4.69, 9.17) is 16.7 Å². The number of hydrogen-bond donors (Lipinski definition) is 2. The van der Waals surface area contributed by atoms with Crippen LogP contribution in [0.15, 0.2) is 18.2 Å². The number of benzene rings is 1. The molecule has 16 heavy (non-hydrogen) atoms. The van der Waals surface area contributed by atoms with Crippen molar-refractivity contribution in [2.45, 2.75) is 13.8 Å². The molecular weight excluding hydrogens is 230 g/mol. The summed E-state index contributed by atoms with van der Waals surface area (Å²) in [4.78, 5) is 22.0. The average molecular weight is 242 g/mol. The Labute approximate surface area is 98.2 Å². The van der Waals surface area contributed by atoms with Crippen LogP contribution in [0.4, 0.5) is 5.69 Å². The molecule has 0 bridgehead atoms. The predicted molar refractivity (Wildman–Crippen MR) is 61.6 cm³/mol. The van der Waals surface area contributed by atoms with Gasteiger partial charge in [-0.15, -0.1) is 0 Å². The van der Waals surface area contributed by atoms with Crippen LogP contribution in [0, 0.1) is 12.8 Å². The van der Waals surface area contributed by atoms with E-state index < -0.39 is 17.8 Å². The SMILES string of the molecule is Cc1ccc(NC(=O)C(C)C(=O)O)c(Cl)c1. The number of amides is 1. The van der Waals surface area contributed by atoms with Crippen molar-refractivity contribution in [1.82, 2.24) is 0 Å². The number of anilines is 1. The maximum absolute atomic E-state index is 11.4. The van der Waals surface area contributed by atoms with Crippen molar-refractivity contribution < 1.29 is 14.7 Å². The van der Waals surface area contributed by atoms with Gasteiger partial charge >= 0.3 is 5.97 Å². The van der Waals surface area contributed by atoms with Crippen molar-refractivity contribution in [1.29, 1.82) is 0 Å². The lowest BCUT2D eigenvalue weighted by Gasteiger charge is -2.10. The second-order valence-electron chi connectivity index (χ2n) is 3.53. The highest BCUT2D eigenvalue weighted by molar-refractivity contribution is 6.33. The molecule has 1 unspecified atom stereocenters. The normalized spacial score (nSPS) is 11.9. The lowest BCUT2D eigenvalue weighted by Crippen LogP contribution is -2.26. The first-order valence-corrected chi connectivity index (χ1v) is 5.09. The topological polar surface area (TPSA) is 66.4 Å². The van der Waals surface area contributed by atoms with E-state index >= 15 is 0 Å². The zero-order valence-corrected chi connectivity index (χ0v) is 9.71. The first kappa shape index (κ1) is 12.5. The molecule has 5 heteroatoms. The minimum Gasteiger partial charge on any atom is -0.481 e. The predicted octanol–water partition coefficient (Wildman–Crippen LogP) is 2.31. The van der Waals surface area contributed by atoms with E-state index in [1.807, 2.05) is 6.92 Å². The van der Waals surface area contributed by atoms with Crippen molar-refractivity contribution in [3.05, 3.63) is 28.8 Å². The van der Waals surface area contributed by atoms with Crippen LogP contribution >= 0.6 is 11.6 Å². The Bertz CT molecular complexity index is 431. The van der Waals surface area contributed by atoms with E-state index in [1.54, 1.807) is 18.2 Å². The third-order valence-electron chi connectivity index (χ3n) is 2.15. The van der Waals surface area contributed by atoms with Crippen LogP contribution in [0.1, 0.15) is 12.5 Å². The Morgan fingerprint density at radius 1 is 1.44 bits per heavy atom. The van der Waals surface area contributed by atoms with Gasteiger partial charge < -0.3 is 10.4 Å². The molecule has 4 nitrogen and oxygen atoms in total. The second kappa shape index (κ2) is 4.99. The fraction of sp³-hybridized carbons (Fsp3) is 0.273. The summed E-state index contributed by atoms with van der Waals surface area (Å²) >= 11 is 5.90. The van der Waals surface area contributed by atoms with Crippen molar-refractivity contribution in [2.24, 2.45) is 5.92 Å². The molecule has 0 saturated carbocycles. The van der Waals surface area contributed by atoms with Gasteiger partial charge in [-0.2, -0.15) is 0 Å². The Morgan fingerprint density at radius 2 is 2.06 bits per heavy atom. The number of halogens is 1. The van der Waals surface area contributed by atoms with E-state index in [0.717, 1.165) is 5.56 Å². The lowest BCUT2D eigenvalue weighted by atomic mass is 10.1. The number of carboxylic acids is 1. The van der Waals surface area contributed by atoms with Crippen LogP contribution in [0.2, 0.25) is 5.02 Å². The molecule has 1 rings (SSSR count). The number of carboxylic acid groups (broad SMARTS) is 1. The summed E-state index contributed by atoms with van der Waals surface area (Å²) in [6.07, 6.45) is 0. The van der Waals surface area contributed by atoms with Crippen molar-refractivity contribution in [2.75, 3.05) is 5.32 Å². The molecule has 0 heterocycles. The first-order valence-electron chi connectivity index (χ1n) is 4.71. The summed E-state index contributed by atoms with van der Waals surface area (Å²) in [6.45, 7) is 3.19. The van der Waals surface area contributed by atoms with E-state index in [1.165, 1.54) is 6.92 Å². The third kappa shape index (κ3) is 2.97. The number of aliphatic carboxylic acids is 1.